The lowest BCUT2D eigenvalue weighted by Crippen LogP contribution is -2.50. The van der Waals surface area contributed by atoms with Gasteiger partial charge in [-0.15, -0.1) is 0 Å². The summed E-state index contributed by atoms with van der Waals surface area (Å²) in [5.41, 5.74) is 0.763. The summed E-state index contributed by atoms with van der Waals surface area (Å²) in [6, 6.07) is 10.0. The van der Waals surface area contributed by atoms with Crippen molar-refractivity contribution in [2.45, 2.75) is 25.3 Å². The smallest absolute Gasteiger partial charge is 0.409 e. The fourth-order valence-corrected chi connectivity index (χ4v) is 6.45. The number of hydrogen-bond acceptors (Lipinski definition) is 8. The third-order valence-electron chi connectivity index (χ3n) is 5.89. The minimum Gasteiger partial charge on any atom is -0.450 e. The lowest BCUT2D eigenvalue weighted by molar-refractivity contribution is -0.384. The van der Waals surface area contributed by atoms with Gasteiger partial charge in [-0.05, 0) is 44.2 Å². The minimum absolute atomic E-state index is 0.0337. The van der Waals surface area contributed by atoms with Crippen LogP contribution in [0, 0.1) is 10.1 Å². The molecule has 14 heteroatoms. The molecule has 0 atom stereocenters. The molecule has 1 aromatic heterocycles. The van der Waals surface area contributed by atoms with Crippen LogP contribution < -0.4 is 4.80 Å². The number of nitrogens with zero attached hydrogens (tertiary/aromatic N) is 5. The maximum atomic E-state index is 13.1. The number of piperazine rings is 1. The second-order valence-electron chi connectivity index (χ2n) is 8.07. The average molecular weight is 548 g/mol. The normalized spacial score (nSPS) is 15.2. The van der Waals surface area contributed by atoms with Crippen LogP contribution in [0.3, 0.4) is 0 Å². The number of sulfonamides is 1. The van der Waals surface area contributed by atoms with Crippen LogP contribution in [0.25, 0.3) is 10.2 Å². The van der Waals surface area contributed by atoms with Crippen LogP contribution in [-0.4, -0.2) is 71.9 Å². The predicted octanol–water partition coefficient (Wildman–Crippen LogP) is 2.83. The molecule has 3 aromatic rings. The summed E-state index contributed by atoms with van der Waals surface area (Å²) >= 11 is 1.24. The Morgan fingerprint density at radius 3 is 2.35 bits per heavy atom. The van der Waals surface area contributed by atoms with Crippen LogP contribution in [0.5, 0.6) is 0 Å². The van der Waals surface area contributed by atoms with Crippen molar-refractivity contribution in [2.75, 3.05) is 32.8 Å². The summed E-state index contributed by atoms with van der Waals surface area (Å²) in [6.45, 7) is 4.98. The van der Waals surface area contributed by atoms with Gasteiger partial charge in [-0.3, -0.25) is 14.9 Å². The van der Waals surface area contributed by atoms with Crippen molar-refractivity contribution in [1.82, 2.24) is 13.8 Å². The largest absolute Gasteiger partial charge is 0.450 e. The van der Waals surface area contributed by atoms with Gasteiger partial charge >= 0.3 is 6.09 Å². The number of nitro groups is 1. The molecule has 37 heavy (non-hydrogen) atoms. The van der Waals surface area contributed by atoms with Gasteiger partial charge in [0, 0.05) is 50.4 Å². The molecule has 1 fully saturated rings. The summed E-state index contributed by atoms with van der Waals surface area (Å²) in [7, 11) is -3.81. The zero-order valence-corrected chi connectivity index (χ0v) is 21.8. The zero-order valence-electron chi connectivity index (χ0n) is 20.2. The van der Waals surface area contributed by atoms with Crippen molar-refractivity contribution < 1.29 is 27.7 Å². The van der Waals surface area contributed by atoms with Gasteiger partial charge in [-0.25, -0.2) is 13.2 Å². The van der Waals surface area contributed by atoms with E-state index in [1.807, 2.05) is 6.92 Å². The van der Waals surface area contributed by atoms with Crippen LogP contribution in [0.4, 0.5) is 10.5 Å². The Bertz CT molecular complexity index is 1520. The van der Waals surface area contributed by atoms with Crippen LogP contribution in [0.2, 0.25) is 0 Å². The number of carbonyl (C=O) groups excluding carboxylic acids is 2. The fraction of sp³-hybridized carbons (Fsp3) is 0.348. The molecule has 0 spiro atoms. The number of nitro benzene ring substituents is 1. The highest BCUT2D eigenvalue weighted by Crippen LogP contribution is 2.23. The lowest BCUT2D eigenvalue weighted by Gasteiger charge is -2.33. The molecule has 1 saturated heterocycles. The second kappa shape index (κ2) is 10.8. The van der Waals surface area contributed by atoms with Crippen molar-refractivity contribution in [2.24, 2.45) is 4.99 Å². The SMILES string of the molecule is CCOC(=O)N1CCN(S(=O)(=O)c2ccc(C(=O)N=c3sc4ccc([N+](=O)[O-])cc4n3CC)cc2)CC1. The highest BCUT2D eigenvalue weighted by atomic mass is 32.2. The summed E-state index contributed by atoms with van der Waals surface area (Å²) in [6.07, 6.45) is -0.465. The van der Waals surface area contributed by atoms with E-state index in [-0.39, 0.29) is 48.9 Å². The van der Waals surface area contributed by atoms with Gasteiger partial charge in [0.25, 0.3) is 11.6 Å². The van der Waals surface area contributed by atoms with Crippen molar-refractivity contribution in [1.29, 1.82) is 0 Å². The second-order valence-corrected chi connectivity index (χ2v) is 11.0. The van der Waals surface area contributed by atoms with Crippen molar-refractivity contribution in [3.8, 4) is 0 Å². The summed E-state index contributed by atoms with van der Waals surface area (Å²) < 4.78 is 34.8. The van der Waals surface area contributed by atoms with Gasteiger partial charge in [0.1, 0.15) is 0 Å². The van der Waals surface area contributed by atoms with Crippen LogP contribution >= 0.6 is 11.3 Å². The molecule has 0 saturated carbocycles. The van der Waals surface area contributed by atoms with E-state index < -0.39 is 26.9 Å². The molecular formula is C23H25N5O7S2. The molecule has 1 aliphatic rings. The van der Waals surface area contributed by atoms with E-state index in [1.54, 1.807) is 17.6 Å². The van der Waals surface area contributed by atoms with E-state index in [2.05, 4.69) is 4.99 Å². The Kier molecular flexibility index (Phi) is 7.71. The molecule has 0 aliphatic carbocycles. The molecule has 4 rings (SSSR count). The maximum absolute atomic E-state index is 13.1. The first-order chi connectivity index (χ1) is 17.6. The van der Waals surface area contributed by atoms with Crippen molar-refractivity contribution >= 4 is 49.3 Å². The molecule has 0 bridgehead atoms. The molecule has 1 aliphatic heterocycles. The highest BCUT2D eigenvalue weighted by Gasteiger charge is 2.30. The van der Waals surface area contributed by atoms with Gasteiger partial charge in [-0.1, -0.05) is 11.3 Å². The zero-order chi connectivity index (χ0) is 26.7. The van der Waals surface area contributed by atoms with Crippen molar-refractivity contribution in [3.63, 3.8) is 0 Å². The number of aromatic nitrogens is 1. The van der Waals surface area contributed by atoms with Crippen molar-refractivity contribution in [3.05, 3.63) is 62.9 Å². The molecule has 0 N–H and O–H groups in total. The first kappa shape index (κ1) is 26.4. The van der Waals surface area contributed by atoms with E-state index >= 15 is 0 Å². The molecule has 0 radical (unpaired) electrons. The van der Waals surface area contributed by atoms with Gasteiger partial charge in [0.05, 0.1) is 26.6 Å². The molecule has 2 aromatic carbocycles. The highest BCUT2D eigenvalue weighted by molar-refractivity contribution is 7.89. The number of ether oxygens (including phenoxy) is 1. The first-order valence-electron chi connectivity index (χ1n) is 11.5. The van der Waals surface area contributed by atoms with Gasteiger partial charge in [0.15, 0.2) is 4.80 Å². The summed E-state index contributed by atoms with van der Waals surface area (Å²) in [5, 5.41) is 11.1. The van der Waals surface area contributed by atoms with Gasteiger partial charge < -0.3 is 14.2 Å². The third kappa shape index (κ3) is 5.40. The number of aryl methyl sites for hydroxylation is 1. The Labute approximate surface area is 216 Å². The quantitative estimate of drug-likeness (QED) is 0.341. The number of fused-ring (bicyclic) bond motifs is 1. The number of thiazole rings is 1. The van der Waals surface area contributed by atoms with E-state index in [0.29, 0.717) is 16.9 Å². The topological polar surface area (TPSA) is 144 Å². The molecular weight excluding hydrogens is 522 g/mol. The van der Waals surface area contributed by atoms with E-state index in [0.717, 1.165) is 4.70 Å². The summed E-state index contributed by atoms with van der Waals surface area (Å²) in [4.78, 5) is 41.5. The molecule has 12 nitrogen and oxygen atoms in total. The molecule has 2 heterocycles. The van der Waals surface area contributed by atoms with E-state index in [9.17, 15) is 28.1 Å². The Morgan fingerprint density at radius 2 is 1.76 bits per heavy atom. The first-order valence-corrected chi connectivity index (χ1v) is 13.8. The van der Waals surface area contributed by atoms with Crippen LogP contribution in [0.15, 0.2) is 52.4 Å². The number of rotatable bonds is 6. The summed E-state index contributed by atoms with van der Waals surface area (Å²) in [5.74, 6) is -0.560. The van der Waals surface area contributed by atoms with E-state index in [4.69, 9.17) is 4.74 Å². The Morgan fingerprint density at radius 1 is 1.08 bits per heavy atom. The number of carbonyl (C=O) groups is 2. The van der Waals surface area contributed by atoms with Crippen LogP contribution in [-0.2, 0) is 21.3 Å². The maximum Gasteiger partial charge on any atom is 0.409 e. The molecule has 2 amide bonds. The number of benzene rings is 2. The number of non-ortho nitro benzene ring substituents is 1. The predicted molar refractivity (Wildman–Crippen MR) is 136 cm³/mol. The fourth-order valence-electron chi connectivity index (χ4n) is 3.96. The lowest BCUT2D eigenvalue weighted by atomic mass is 10.2. The Hall–Kier alpha value is -3.62. The monoisotopic (exact) mass is 547 g/mol. The number of hydrogen-bond donors (Lipinski definition) is 0. The van der Waals surface area contributed by atoms with Gasteiger partial charge in [0.2, 0.25) is 10.0 Å². The minimum atomic E-state index is -3.81. The van der Waals surface area contributed by atoms with Gasteiger partial charge in [-0.2, -0.15) is 9.30 Å². The molecule has 196 valence electrons. The Balaban J connectivity index is 1.53. The molecule has 0 unspecified atom stereocenters. The van der Waals surface area contributed by atoms with Crippen LogP contribution in [0.1, 0.15) is 24.2 Å². The third-order valence-corrected chi connectivity index (χ3v) is 8.87. The number of amides is 2. The van der Waals surface area contributed by atoms with E-state index in [1.165, 1.54) is 56.9 Å². The standard InChI is InChI=1S/C23H25N5O7S2/c1-3-27-19-15-17(28(31)32)7-10-20(19)36-22(27)24-21(29)16-5-8-18(9-6-16)37(33,34)26-13-11-25(12-14-26)23(30)35-4-2/h5-10,15H,3-4,11-14H2,1-2H3. The average Bonchev–Trinajstić information content (AvgIpc) is 3.24.